The number of rotatable bonds is 7. The first-order chi connectivity index (χ1) is 9.88. The summed E-state index contributed by atoms with van der Waals surface area (Å²) in [5, 5.41) is -0.476. The lowest BCUT2D eigenvalue weighted by atomic mass is 10.2. The van der Waals surface area contributed by atoms with Crippen LogP contribution in [0.15, 0.2) is 24.3 Å². The zero-order valence-electron chi connectivity index (χ0n) is 11.9. The Morgan fingerprint density at radius 3 is 2.24 bits per heavy atom. The third kappa shape index (κ3) is 6.90. The molecule has 0 saturated heterocycles. The molecule has 0 atom stereocenters. The summed E-state index contributed by atoms with van der Waals surface area (Å²) in [5.41, 5.74) is 0.385. The van der Waals surface area contributed by atoms with Gasteiger partial charge in [0.25, 0.3) is 0 Å². The molecule has 0 unspecified atom stereocenters. The molecule has 114 valence electrons. The van der Waals surface area contributed by atoms with Crippen molar-refractivity contribution < 1.29 is 23.9 Å². The van der Waals surface area contributed by atoms with Crippen molar-refractivity contribution in [2.45, 2.75) is 39.2 Å². The number of hydrogen-bond acceptors (Lipinski definition) is 5. The van der Waals surface area contributed by atoms with E-state index in [0.29, 0.717) is 17.7 Å². The van der Waals surface area contributed by atoms with Crippen LogP contribution >= 0.6 is 11.6 Å². The van der Waals surface area contributed by atoms with E-state index in [9.17, 15) is 14.4 Å². The summed E-state index contributed by atoms with van der Waals surface area (Å²) in [6.45, 7) is 3.53. The van der Waals surface area contributed by atoms with Gasteiger partial charge in [-0.25, -0.2) is 4.79 Å². The van der Waals surface area contributed by atoms with Crippen molar-refractivity contribution in [1.29, 1.82) is 0 Å². The van der Waals surface area contributed by atoms with E-state index in [1.165, 1.54) is 24.3 Å². The molecule has 1 aromatic rings. The molecule has 21 heavy (non-hydrogen) atoms. The Morgan fingerprint density at radius 2 is 1.71 bits per heavy atom. The lowest BCUT2D eigenvalue weighted by Crippen LogP contribution is -2.12. The van der Waals surface area contributed by atoms with Gasteiger partial charge in [0.2, 0.25) is 5.24 Å². The van der Waals surface area contributed by atoms with Crippen LogP contribution in [-0.4, -0.2) is 23.3 Å². The molecule has 0 aromatic heterocycles. The first kappa shape index (κ1) is 17.2. The highest BCUT2D eigenvalue weighted by Crippen LogP contribution is 2.15. The summed E-state index contributed by atoms with van der Waals surface area (Å²) in [7, 11) is 0. The van der Waals surface area contributed by atoms with Crippen LogP contribution in [0.3, 0.4) is 0 Å². The van der Waals surface area contributed by atoms with Crippen molar-refractivity contribution in [3.05, 3.63) is 29.8 Å². The monoisotopic (exact) mass is 312 g/mol. The summed E-state index contributed by atoms with van der Waals surface area (Å²) >= 11 is 5.17. The fourth-order valence-electron chi connectivity index (χ4n) is 1.50. The minimum absolute atomic E-state index is 0.107. The smallest absolute Gasteiger partial charge is 0.338 e. The van der Waals surface area contributed by atoms with Crippen LogP contribution in [0.25, 0.3) is 0 Å². The van der Waals surface area contributed by atoms with Crippen molar-refractivity contribution >= 4 is 28.8 Å². The predicted molar refractivity (Wildman–Crippen MR) is 77.3 cm³/mol. The fourth-order valence-corrected chi connectivity index (χ4v) is 1.63. The molecule has 1 aromatic carbocycles. The van der Waals surface area contributed by atoms with Gasteiger partial charge >= 0.3 is 11.9 Å². The molecule has 0 spiro atoms. The van der Waals surface area contributed by atoms with E-state index in [1.807, 2.05) is 0 Å². The van der Waals surface area contributed by atoms with Gasteiger partial charge in [0.05, 0.1) is 11.7 Å². The van der Waals surface area contributed by atoms with E-state index in [-0.39, 0.29) is 18.9 Å². The van der Waals surface area contributed by atoms with E-state index in [0.717, 1.165) is 0 Å². The van der Waals surface area contributed by atoms with Crippen molar-refractivity contribution in [1.82, 2.24) is 0 Å². The number of carbonyl (C=O) groups is 3. The summed E-state index contributed by atoms with van der Waals surface area (Å²) in [4.78, 5) is 33.6. The molecule has 0 saturated carbocycles. The molecular formula is C15H17ClO5. The number of esters is 2. The zero-order chi connectivity index (χ0) is 15.8. The van der Waals surface area contributed by atoms with E-state index in [4.69, 9.17) is 21.1 Å². The highest BCUT2D eigenvalue weighted by Gasteiger charge is 2.10. The van der Waals surface area contributed by atoms with E-state index < -0.39 is 17.2 Å². The van der Waals surface area contributed by atoms with Crippen LogP contribution in [0.4, 0.5) is 0 Å². The Kier molecular flexibility index (Phi) is 6.88. The Balaban J connectivity index is 2.49. The van der Waals surface area contributed by atoms with Crippen LogP contribution in [0, 0.1) is 0 Å². The molecule has 5 nitrogen and oxygen atoms in total. The van der Waals surface area contributed by atoms with Gasteiger partial charge in [-0.05, 0) is 56.1 Å². The molecule has 0 N–H and O–H groups in total. The first-order valence-electron chi connectivity index (χ1n) is 6.58. The van der Waals surface area contributed by atoms with Crippen molar-refractivity contribution in [2.75, 3.05) is 0 Å². The van der Waals surface area contributed by atoms with Gasteiger partial charge in [-0.1, -0.05) is 0 Å². The van der Waals surface area contributed by atoms with Crippen molar-refractivity contribution in [3.63, 3.8) is 0 Å². The molecule has 0 heterocycles. The van der Waals surface area contributed by atoms with Gasteiger partial charge < -0.3 is 9.47 Å². The average molecular weight is 313 g/mol. The molecule has 0 bridgehead atoms. The summed E-state index contributed by atoms with van der Waals surface area (Å²) in [6, 6.07) is 6.08. The number of ether oxygens (including phenoxy) is 2. The maximum atomic E-state index is 11.6. The molecule has 0 aliphatic carbocycles. The third-order valence-corrected chi connectivity index (χ3v) is 2.61. The molecule has 1 rings (SSSR count). The van der Waals surface area contributed by atoms with Crippen LogP contribution in [0.1, 0.15) is 43.5 Å². The summed E-state index contributed by atoms with van der Waals surface area (Å²) in [5.74, 6) is -0.549. The van der Waals surface area contributed by atoms with Crippen LogP contribution < -0.4 is 4.74 Å². The number of carbonyl (C=O) groups excluding carboxylic acids is 3. The maximum Gasteiger partial charge on any atom is 0.338 e. The minimum Gasteiger partial charge on any atom is -0.459 e. The zero-order valence-corrected chi connectivity index (χ0v) is 12.7. The Bertz CT molecular complexity index is 507. The van der Waals surface area contributed by atoms with Gasteiger partial charge in [-0.3, -0.25) is 9.59 Å². The fraction of sp³-hybridized carbons (Fsp3) is 0.400. The second kappa shape index (κ2) is 8.42. The number of halogens is 1. The highest BCUT2D eigenvalue weighted by molar-refractivity contribution is 6.63. The molecule has 0 aliphatic rings. The second-order valence-corrected chi connectivity index (χ2v) is 5.08. The van der Waals surface area contributed by atoms with E-state index in [2.05, 4.69) is 0 Å². The molecule has 6 heteroatoms. The average Bonchev–Trinajstić information content (AvgIpc) is 2.38. The van der Waals surface area contributed by atoms with Gasteiger partial charge in [-0.15, -0.1) is 0 Å². The number of benzene rings is 1. The Labute approximate surface area is 128 Å². The quantitative estimate of drug-likeness (QED) is 0.439. The second-order valence-electron chi connectivity index (χ2n) is 4.66. The standard InChI is InChI=1S/C15H17ClO5/c1-10(2)20-15(19)11-6-8-12(9-7-11)21-14(18)5-3-4-13(16)17/h6-10H,3-5H2,1-2H3. The lowest BCUT2D eigenvalue weighted by Gasteiger charge is -2.08. The van der Waals surface area contributed by atoms with Crippen LogP contribution in [0.2, 0.25) is 0 Å². The molecule has 0 aliphatic heterocycles. The number of hydrogen-bond donors (Lipinski definition) is 0. The van der Waals surface area contributed by atoms with Gasteiger partial charge in [0.15, 0.2) is 0 Å². The largest absolute Gasteiger partial charge is 0.459 e. The normalized spacial score (nSPS) is 10.3. The van der Waals surface area contributed by atoms with Crippen molar-refractivity contribution in [3.8, 4) is 5.75 Å². The Hall–Kier alpha value is -1.88. The maximum absolute atomic E-state index is 11.6. The first-order valence-corrected chi connectivity index (χ1v) is 6.96. The topological polar surface area (TPSA) is 69.7 Å². The van der Waals surface area contributed by atoms with Gasteiger partial charge in [0.1, 0.15) is 5.75 Å². The predicted octanol–water partition coefficient (Wildman–Crippen LogP) is 3.09. The molecule has 0 fully saturated rings. The van der Waals surface area contributed by atoms with Crippen LogP contribution in [0.5, 0.6) is 5.75 Å². The van der Waals surface area contributed by atoms with Gasteiger partial charge in [0, 0.05) is 12.8 Å². The minimum atomic E-state index is -0.476. The molecule has 0 radical (unpaired) electrons. The van der Waals surface area contributed by atoms with E-state index >= 15 is 0 Å². The van der Waals surface area contributed by atoms with Crippen LogP contribution in [-0.2, 0) is 14.3 Å². The Morgan fingerprint density at radius 1 is 1.10 bits per heavy atom. The van der Waals surface area contributed by atoms with E-state index in [1.54, 1.807) is 13.8 Å². The lowest BCUT2D eigenvalue weighted by molar-refractivity contribution is -0.134. The summed E-state index contributed by atoms with van der Waals surface area (Å²) < 4.78 is 10.1. The highest BCUT2D eigenvalue weighted by atomic mass is 35.5. The third-order valence-electron chi connectivity index (χ3n) is 2.42. The van der Waals surface area contributed by atoms with Gasteiger partial charge in [-0.2, -0.15) is 0 Å². The SMILES string of the molecule is CC(C)OC(=O)c1ccc(OC(=O)CCCC(=O)Cl)cc1. The molecular weight excluding hydrogens is 296 g/mol. The summed E-state index contributed by atoms with van der Waals surface area (Å²) in [6.07, 6.45) is 0.395. The van der Waals surface area contributed by atoms with Crippen molar-refractivity contribution in [2.24, 2.45) is 0 Å². The molecule has 0 amide bonds.